The van der Waals surface area contributed by atoms with Gasteiger partial charge in [-0.25, -0.2) is 19.2 Å². The summed E-state index contributed by atoms with van der Waals surface area (Å²) in [6, 6.07) is 3.47. The number of rotatable bonds is 6. The minimum Gasteiger partial charge on any atom is -0.467 e. The Hall–Kier alpha value is -3.30. The lowest BCUT2D eigenvalue weighted by atomic mass is 10.2. The zero-order valence-corrected chi connectivity index (χ0v) is 14.9. The molecule has 4 N–H and O–H groups in total. The third-order valence-electron chi connectivity index (χ3n) is 3.18. The van der Waals surface area contributed by atoms with Crippen LogP contribution in [0.5, 0.6) is 0 Å². The Morgan fingerprint density at radius 1 is 0.808 bits per heavy atom. The van der Waals surface area contributed by atoms with E-state index in [1.807, 2.05) is 0 Å². The van der Waals surface area contributed by atoms with E-state index in [0.717, 1.165) is 0 Å². The summed E-state index contributed by atoms with van der Waals surface area (Å²) < 4.78 is 9.03. The molecule has 0 spiro atoms. The van der Waals surface area contributed by atoms with Crippen LogP contribution < -0.4 is 21.3 Å². The predicted octanol–water partition coefficient (Wildman–Crippen LogP) is 1.05. The van der Waals surface area contributed by atoms with Gasteiger partial charge in [0.1, 0.15) is 12.1 Å². The van der Waals surface area contributed by atoms with E-state index in [-0.39, 0.29) is 0 Å². The van der Waals surface area contributed by atoms with Crippen molar-refractivity contribution < 1.29 is 28.7 Å². The van der Waals surface area contributed by atoms with Crippen LogP contribution in [0.3, 0.4) is 0 Å². The van der Waals surface area contributed by atoms with E-state index in [1.165, 1.54) is 34.1 Å². The first-order valence-electron chi connectivity index (χ1n) is 7.67. The van der Waals surface area contributed by atoms with Crippen LogP contribution in [0.2, 0.25) is 0 Å². The fraction of sp³-hybridized carbons (Fsp3) is 0.375. The number of hydrogen-bond donors (Lipinski definition) is 4. The molecule has 0 fully saturated rings. The second-order valence-corrected chi connectivity index (χ2v) is 5.27. The molecule has 0 heterocycles. The highest BCUT2D eigenvalue weighted by atomic mass is 16.5. The van der Waals surface area contributed by atoms with E-state index in [9.17, 15) is 19.2 Å². The summed E-state index contributed by atoms with van der Waals surface area (Å²) in [5.41, 5.74) is 0.775. The third-order valence-corrected chi connectivity index (χ3v) is 3.18. The molecule has 0 unspecified atom stereocenters. The summed E-state index contributed by atoms with van der Waals surface area (Å²) >= 11 is 0. The molecule has 0 aromatic heterocycles. The van der Waals surface area contributed by atoms with Crippen LogP contribution in [0.15, 0.2) is 24.3 Å². The first-order chi connectivity index (χ1) is 12.3. The van der Waals surface area contributed by atoms with Gasteiger partial charge >= 0.3 is 24.0 Å². The van der Waals surface area contributed by atoms with Crippen molar-refractivity contribution in [2.75, 3.05) is 24.9 Å². The van der Waals surface area contributed by atoms with Crippen LogP contribution in [-0.2, 0) is 19.1 Å². The van der Waals surface area contributed by atoms with Crippen LogP contribution in [0.1, 0.15) is 13.8 Å². The van der Waals surface area contributed by atoms with Crippen molar-refractivity contribution in [3.63, 3.8) is 0 Å². The molecular weight excluding hydrogens is 344 g/mol. The molecule has 4 amide bonds. The molecule has 10 heteroatoms. The number of anilines is 2. The second kappa shape index (κ2) is 9.87. The first-order valence-corrected chi connectivity index (χ1v) is 7.67. The van der Waals surface area contributed by atoms with Crippen molar-refractivity contribution in [3.8, 4) is 0 Å². The van der Waals surface area contributed by atoms with Gasteiger partial charge in [-0.2, -0.15) is 0 Å². The Balaban J connectivity index is 2.62. The molecule has 0 radical (unpaired) electrons. The maximum Gasteiger partial charge on any atom is 0.328 e. The van der Waals surface area contributed by atoms with Gasteiger partial charge in [0.2, 0.25) is 0 Å². The average Bonchev–Trinajstić information content (AvgIpc) is 2.59. The lowest BCUT2D eigenvalue weighted by molar-refractivity contribution is -0.143. The van der Waals surface area contributed by atoms with Crippen molar-refractivity contribution in [2.24, 2.45) is 0 Å². The fourth-order valence-corrected chi connectivity index (χ4v) is 1.87. The van der Waals surface area contributed by atoms with E-state index in [4.69, 9.17) is 0 Å². The minimum absolute atomic E-state index is 0.387. The summed E-state index contributed by atoms with van der Waals surface area (Å²) in [6.45, 7) is 2.96. The summed E-state index contributed by atoms with van der Waals surface area (Å²) in [6.07, 6.45) is 0. The molecule has 26 heavy (non-hydrogen) atoms. The molecule has 0 aliphatic carbocycles. The maximum absolute atomic E-state index is 11.8. The zero-order valence-electron chi connectivity index (χ0n) is 14.9. The number of carbonyl (C=O) groups excluding carboxylic acids is 4. The van der Waals surface area contributed by atoms with Crippen molar-refractivity contribution in [1.82, 2.24) is 10.6 Å². The van der Waals surface area contributed by atoms with Crippen LogP contribution in [0, 0.1) is 0 Å². The fourth-order valence-electron chi connectivity index (χ4n) is 1.87. The summed E-state index contributed by atoms with van der Waals surface area (Å²) in [5.74, 6) is -1.15. The standard InChI is InChI=1S/C16H22N4O6/c1-9(13(21)25-3)17-15(23)19-11-6-5-7-12(8-11)20-16(24)18-10(2)14(22)26-4/h5-10H,1-4H3,(H2,17,19,23)(H2,18,20,24)/t9-,10-/m0/s1. The van der Waals surface area contributed by atoms with Gasteiger partial charge in [0.05, 0.1) is 14.2 Å². The molecule has 10 nitrogen and oxygen atoms in total. The van der Waals surface area contributed by atoms with Crippen LogP contribution in [-0.4, -0.2) is 50.3 Å². The molecule has 0 aliphatic rings. The van der Waals surface area contributed by atoms with Crippen molar-refractivity contribution in [1.29, 1.82) is 0 Å². The van der Waals surface area contributed by atoms with Gasteiger partial charge in [0.25, 0.3) is 0 Å². The Morgan fingerprint density at radius 2 is 1.19 bits per heavy atom. The highest BCUT2D eigenvalue weighted by Crippen LogP contribution is 2.15. The molecule has 1 aromatic rings. The maximum atomic E-state index is 11.8. The Kier molecular flexibility index (Phi) is 7.87. The highest BCUT2D eigenvalue weighted by Gasteiger charge is 2.17. The van der Waals surface area contributed by atoms with Crippen LogP contribution in [0.4, 0.5) is 21.0 Å². The number of carbonyl (C=O) groups is 4. The van der Waals surface area contributed by atoms with Crippen molar-refractivity contribution in [2.45, 2.75) is 25.9 Å². The molecule has 0 bridgehead atoms. The Labute approximate surface area is 150 Å². The summed E-state index contributed by atoms with van der Waals surface area (Å²) in [4.78, 5) is 46.3. The summed E-state index contributed by atoms with van der Waals surface area (Å²) in [7, 11) is 2.44. The van der Waals surface area contributed by atoms with Gasteiger partial charge in [-0.15, -0.1) is 0 Å². The van der Waals surface area contributed by atoms with Gasteiger partial charge in [-0.3, -0.25) is 0 Å². The van der Waals surface area contributed by atoms with Gasteiger partial charge < -0.3 is 30.7 Å². The number of ether oxygens (including phenoxy) is 2. The quantitative estimate of drug-likeness (QED) is 0.556. The normalized spacial score (nSPS) is 12.2. The predicted molar refractivity (Wildman–Crippen MR) is 93.7 cm³/mol. The number of hydrogen-bond acceptors (Lipinski definition) is 6. The minimum atomic E-state index is -0.813. The van der Waals surface area contributed by atoms with Crippen LogP contribution >= 0.6 is 0 Å². The molecular formula is C16H22N4O6. The highest BCUT2D eigenvalue weighted by molar-refractivity contribution is 5.95. The largest absolute Gasteiger partial charge is 0.467 e. The molecule has 142 valence electrons. The Bertz CT molecular complexity index is 625. The number of benzene rings is 1. The number of methoxy groups -OCH3 is 2. The van der Waals surface area contributed by atoms with Crippen LogP contribution in [0.25, 0.3) is 0 Å². The average molecular weight is 366 g/mol. The molecule has 0 saturated carbocycles. The lowest BCUT2D eigenvalue weighted by Gasteiger charge is -2.14. The number of esters is 2. The third kappa shape index (κ3) is 6.67. The molecule has 0 aliphatic heterocycles. The topological polar surface area (TPSA) is 135 Å². The van der Waals surface area contributed by atoms with Gasteiger partial charge in [-0.05, 0) is 32.0 Å². The molecule has 1 rings (SSSR count). The van der Waals surface area contributed by atoms with Crippen molar-refractivity contribution in [3.05, 3.63) is 24.3 Å². The van der Waals surface area contributed by atoms with E-state index in [1.54, 1.807) is 18.2 Å². The molecule has 1 aromatic carbocycles. The van der Waals surface area contributed by atoms with Gasteiger partial charge in [0, 0.05) is 11.4 Å². The molecule has 0 saturated heterocycles. The monoisotopic (exact) mass is 366 g/mol. The van der Waals surface area contributed by atoms with Gasteiger partial charge in [0.15, 0.2) is 0 Å². The SMILES string of the molecule is COC(=O)[C@H](C)NC(=O)Nc1cccc(NC(=O)N[C@@H](C)C(=O)OC)c1. The summed E-state index contributed by atoms with van der Waals surface area (Å²) in [5, 5.41) is 9.88. The first kappa shape index (κ1) is 20.7. The Morgan fingerprint density at radius 3 is 1.54 bits per heavy atom. The number of nitrogens with one attached hydrogen (secondary N) is 4. The smallest absolute Gasteiger partial charge is 0.328 e. The van der Waals surface area contributed by atoms with E-state index < -0.39 is 36.1 Å². The van der Waals surface area contributed by atoms with Gasteiger partial charge in [-0.1, -0.05) is 6.07 Å². The zero-order chi connectivity index (χ0) is 19.7. The number of urea groups is 2. The van der Waals surface area contributed by atoms with E-state index in [2.05, 4.69) is 30.7 Å². The second-order valence-electron chi connectivity index (χ2n) is 5.27. The van der Waals surface area contributed by atoms with E-state index >= 15 is 0 Å². The number of amides is 4. The van der Waals surface area contributed by atoms with Crippen molar-refractivity contribution >= 4 is 35.4 Å². The van der Waals surface area contributed by atoms with E-state index in [0.29, 0.717) is 11.4 Å². The molecule has 2 atom stereocenters. The lowest BCUT2D eigenvalue weighted by Crippen LogP contribution is -2.41.